The van der Waals surface area contributed by atoms with Crippen LogP contribution in [0.4, 0.5) is 5.69 Å². The highest BCUT2D eigenvalue weighted by Gasteiger charge is 2.19. The van der Waals surface area contributed by atoms with Gasteiger partial charge in [0.2, 0.25) is 5.91 Å². The average molecular weight is 304 g/mol. The van der Waals surface area contributed by atoms with Crippen LogP contribution in [0.1, 0.15) is 11.8 Å². The van der Waals surface area contributed by atoms with Crippen LogP contribution in [0.15, 0.2) is 41.8 Å². The zero-order valence-corrected chi connectivity index (χ0v) is 13.3. The minimum Gasteiger partial charge on any atom is -0.495 e. The molecule has 1 heterocycles. The number of hydrogen-bond donors (Lipinski definition) is 1. The average Bonchev–Trinajstić information content (AvgIpc) is 2.99. The third-order valence-electron chi connectivity index (χ3n) is 3.39. The molecule has 1 atom stereocenters. The predicted octanol–water partition coefficient (Wildman–Crippen LogP) is 3.22. The number of likely N-dealkylation sites (N-methyl/N-ethyl adjacent to an activating group) is 1. The van der Waals surface area contributed by atoms with Crippen LogP contribution in [0.2, 0.25) is 0 Å². The molecule has 0 saturated heterocycles. The maximum Gasteiger partial charge on any atom is 0.241 e. The topological polar surface area (TPSA) is 41.6 Å². The van der Waals surface area contributed by atoms with Crippen molar-refractivity contribution in [2.24, 2.45) is 0 Å². The maximum atomic E-state index is 12.3. The lowest BCUT2D eigenvalue weighted by atomic mass is 10.2. The lowest BCUT2D eigenvalue weighted by molar-refractivity contribution is -0.120. The smallest absolute Gasteiger partial charge is 0.241 e. The van der Waals surface area contributed by atoms with Gasteiger partial charge in [-0.3, -0.25) is 9.69 Å². The fourth-order valence-corrected chi connectivity index (χ4v) is 2.74. The van der Waals surface area contributed by atoms with Gasteiger partial charge >= 0.3 is 0 Å². The molecule has 1 aromatic carbocycles. The molecule has 0 aliphatic heterocycles. The summed E-state index contributed by atoms with van der Waals surface area (Å²) >= 11 is 1.70. The first-order valence-corrected chi connectivity index (χ1v) is 7.66. The van der Waals surface area contributed by atoms with Crippen molar-refractivity contribution in [1.82, 2.24) is 4.90 Å². The summed E-state index contributed by atoms with van der Waals surface area (Å²) < 4.78 is 5.25. The molecule has 4 nitrogen and oxygen atoms in total. The molecule has 0 aliphatic carbocycles. The van der Waals surface area contributed by atoms with E-state index in [9.17, 15) is 4.79 Å². The van der Waals surface area contributed by atoms with E-state index in [0.29, 0.717) is 11.4 Å². The summed E-state index contributed by atoms with van der Waals surface area (Å²) in [4.78, 5) is 15.6. The number of thiophene rings is 1. The number of ether oxygens (including phenoxy) is 1. The normalized spacial score (nSPS) is 12.2. The molecule has 21 heavy (non-hydrogen) atoms. The van der Waals surface area contributed by atoms with E-state index in [2.05, 4.69) is 11.4 Å². The first-order chi connectivity index (χ1) is 10.1. The number of methoxy groups -OCH3 is 1. The first-order valence-electron chi connectivity index (χ1n) is 6.78. The quantitative estimate of drug-likeness (QED) is 0.891. The third kappa shape index (κ3) is 4.06. The van der Waals surface area contributed by atoms with Crippen molar-refractivity contribution in [3.05, 3.63) is 46.7 Å². The summed E-state index contributed by atoms with van der Waals surface area (Å²) in [6, 6.07) is 11.3. The Morgan fingerprint density at radius 3 is 2.76 bits per heavy atom. The van der Waals surface area contributed by atoms with Gasteiger partial charge in [-0.25, -0.2) is 0 Å². The summed E-state index contributed by atoms with van der Waals surface area (Å²) in [5, 5.41) is 4.96. The number of hydrogen-bond acceptors (Lipinski definition) is 4. The van der Waals surface area contributed by atoms with Gasteiger partial charge in [0.1, 0.15) is 5.75 Å². The Morgan fingerprint density at radius 1 is 1.33 bits per heavy atom. The molecule has 1 N–H and O–H groups in total. The number of rotatable bonds is 6. The van der Waals surface area contributed by atoms with Crippen molar-refractivity contribution in [2.45, 2.75) is 19.5 Å². The lowest BCUT2D eigenvalue weighted by Gasteiger charge is -2.23. The number of para-hydroxylation sites is 2. The molecule has 5 heteroatoms. The third-order valence-corrected chi connectivity index (χ3v) is 4.25. The highest BCUT2D eigenvalue weighted by molar-refractivity contribution is 7.09. The second-order valence-corrected chi connectivity index (χ2v) is 5.89. The number of benzene rings is 1. The van der Waals surface area contributed by atoms with E-state index < -0.39 is 0 Å². The van der Waals surface area contributed by atoms with E-state index in [0.717, 1.165) is 6.54 Å². The molecule has 0 spiro atoms. The minimum atomic E-state index is -0.225. The summed E-state index contributed by atoms with van der Waals surface area (Å²) in [5.74, 6) is 0.623. The number of carbonyl (C=O) groups is 1. The number of nitrogens with one attached hydrogen (secondary N) is 1. The zero-order chi connectivity index (χ0) is 15.2. The van der Waals surface area contributed by atoms with Crippen molar-refractivity contribution in [3.8, 4) is 5.75 Å². The standard InChI is InChI=1S/C16H20N2O2S/c1-12(18(2)11-13-7-6-10-21-13)16(19)17-14-8-4-5-9-15(14)20-3/h4-10,12H,11H2,1-3H3,(H,17,19). The largest absolute Gasteiger partial charge is 0.495 e. The summed E-state index contributed by atoms with van der Waals surface area (Å²) in [5.41, 5.74) is 0.696. The molecule has 0 fully saturated rings. The second-order valence-electron chi connectivity index (χ2n) is 4.86. The molecule has 112 valence electrons. The first kappa shape index (κ1) is 15.5. The van der Waals surface area contributed by atoms with Gasteiger partial charge in [0.05, 0.1) is 18.8 Å². The van der Waals surface area contributed by atoms with E-state index in [4.69, 9.17) is 4.74 Å². The van der Waals surface area contributed by atoms with Gasteiger partial charge in [-0.2, -0.15) is 0 Å². The molecule has 1 unspecified atom stereocenters. The highest BCUT2D eigenvalue weighted by Crippen LogP contribution is 2.23. The van der Waals surface area contributed by atoms with Crippen LogP contribution in [0.3, 0.4) is 0 Å². The zero-order valence-electron chi connectivity index (χ0n) is 12.5. The molecule has 2 rings (SSSR count). The van der Waals surface area contributed by atoms with E-state index in [1.54, 1.807) is 18.4 Å². The van der Waals surface area contributed by atoms with Crippen LogP contribution in [0, 0.1) is 0 Å². The fourth-order valence-electron chi connectivity index (χ4n) is 1.97. The van der Waals surface area contributed by atoms with Crippen LogP contribution in [0.5, 0.6) is 5.75 Å². The Labute approximate surface area is 129 Å². The van der Waals surface area contributed by atoms with Gasteiger partial charge in [-0.05, 0) is 37.6 Å². The minimum absolute atomic E-state index is 0.0430. The molecular formula is C16H20N2O2S. The lowest BCUT2D eigenvalue weighted by Crippen LogP contribution is -2.39. The molecule has 0 aliphatic rings. The number of amides is 1. The van der Waals surface area contributed by atoms with Crippen LogP contribution in [0.25, 0.3) is 0 Å². The predicted molar refractivity (Wildman–Crippen MR) is 86.9 cm³/mol. The van der Waals surface area contributed by atoms with Crippen molar-refractivity contribution in [2.75, 3.05) is 19.5 Å². The van der Waals surface area contributed by atoms with Gasteiger partial charge in [-0.15, -0.1) is 11.3 Å². The Bertz CT molecular complexity index is 584. The molecule has 1 aromatic heterocycles. The summed E-state index contributed by atoms with van der Waals surface area (Å²) in [6.07, 6.45) is 0. The molecule has 0 bridgehead atoms. The van der Waals surface area contributed by atoms with Crippen molar-refractivity contribution < 1.29 is 9.53 Å². The second kappa shape index (κ2) is 7.24. The summed E-state index contributed by atoms with van der Waals surface area (Å²) in [7, 11) is 3.55. The van der Waals surface area contributed by atoms with Gasteiger partial charge in [0, 0.05) is 11.4 Å². The van der Waals surface area contributed by atoms with Gasteiger partial charge in [0.25, 0.3) is 0 Å². The van der Waals surface area contributed by atoms with Crippen molar-refractivity contribution in [1.29, 1.82) is 0 Å². The van der Waals surface area contributed by atoms with Crippen molar-refractivity contribution in [3.63, 3.8) is 0 Å². The maximum absolute atomic E-state index is 12.3. The van der Waals surface area contributed by atoms with E-state index in [1.807, 2.05) is 54.6 Å². The van der Waals surface area contributed by atoms with E-state index in [1.165, 1.54) is 4.88 Å². The van der Waals surface area contributed by atoms with Crippen LogP contribution >= 0.6 is 11.3 Å². The Hall–Kier alpha value is -1.85. The van der Waals surface area contributed by atoms with E-state index in [-0.39, 0.29) is 11.9 Å². The van der Waals surface area contributed by atoms with E-state index >= 15 is 0 Å². The van der Waals surface area contributed by atoms with Gasteiger partial charge < -0.3 is 10.1 Å². The summed E-state index contributed by atoms with van der Waals surface area (Å²) in [6.45, 7) is 2.66. The molecule has 1 amide bonds. The number of nitrogens with zero attached hydrogens (tertiary/aromatic N) is 1. The molecular weight excluding hydrogens is 284 g/mol. The van der Waals surface area contributed by atoms with Crippen LogP contribution < -0.4 is 10.1 Å². The van der Waals surface area contributed by atoms with Crippen molar-refractivity contribution >= 4 is 22.9 Å². The van der Waals surface area contributed by atoms with Crippen LogP contribution in [-0.2, 0) is 11.3 Å². The molecule has 2 aromatic rings. The number of carbonyl (C=O) groups excluding carboxylic acids is 1. The monoisotopic (exact) mass is 304 g/mol. The SMILES string of the molecule is COc1ccccc1NC(=O)C(C)N(C)Cc1cccs1. The Morgan fingerprint density at radius 2 is 2.10 bits per heavy atom. The molecule has 0 radical (unpaired) electrons. The Kier molecular flexibility index (Phi) is 5.36. The van der Waals surface area contributed by atoms with Crippen LogP contribution in [-0.4, -0.2) is 31.0 Å². The Balaban J connectivity index is 1.98. The highest BCUT2D eigenvalue weighted by atomic mass is 32.1. The molecule has 0 saturated carbocycles. The fraction of sp³-hybridized carbons (Fsp3) is 0.312. The van der Waals surface area contributed by atoms with Gasteiger partial charge in [0.15, 0.2) is 0 Å². The number of anilines is 1. The van der Waals surface area contributed by atoms with Gasteiger partial charge in [-0.1, -0.05) is 18.2 Å².